The average Bonchev–Trinajstić information content (AvgIpc) is 3.40. The molecule has 2 N–H and O–H groups in total. The Kier molecular flexibility index (Phi) is 3.98. The van der Waals surface area contributed by atoms with Gasteiger partial charge < -0.3 is 14.9 Å². The number of hydrogen-bond donors (Lipinski definition) is 1. The number of fused-ring (bicyclic) bond motifs is 2. The zero-order chi connectivity index (χ0) is 19.1. The number of nitrogen functional groups attached to an aromatic ring is 1. The van der Waals surface area contributed by atoms with Gasteiger partial charge in [-0.25, -0.2) is 9.97 Å². The second-order valence-corrected chi connectivity index (χ2v) is 6.89. The van der Waals surface area contributed by atoms with Crippen LogP contribution in [0.3, 0.4) is 0 Å². The first-order chi connectivity index (χ1) is 13.7. The van der Waals surface area contributed by atoms with Crippen molar-refractivity contribution in [3.05, 3.63) is 59.5 Å². The molecule has 0 radical (unpaired) electrons. The molecule has 4 aromatic rings. The molecule has 0 saturated heterocycles. The van der Waals surface area contributed by atoms with Crippen molar-refractivity contribution >= 4 is 11.6 Å². The molecular formula is C20H20N6O2. The molecule has 1 aliphatic rings. The summed E-state index contributed by atoms with van der Waals surface area (Å²) in [4.78, 5) is 11.3. The van der Waals surface area contributed by atoms with Gasteiger partial charge in [-0.05, 0) is 41.8 Å². The predicted octanol–water partition coefficient (Wildman–Crippen LogP) is 2.53. The number of aromatic nitrogens is 4. The first kappa shape index (κ1) is 16.8. The quantitative estimate of drug-likeness (QED) is 0.585. The molecule has 1 aliphatic heterocycles. The van der Waals surface area contributed by atoms with Crippen LogP contribution in [0.15, 0.2) is 47.2 Å². The number of benzene rings is 1. The van der Waals surface area contributed by atoms with Crippen molar-refractivity contribution in [2.45, 2.75) is 19.5 Å². The summed E-state index contributed by atoms with van der Waals surface area (Å²) in [6.07, 6.45) is 4.37. The topological polar surface area (TPSA) is 94.7 Å². The third kappa shape index (κ3) is 2.87. The van der Waals surface area contributed by atoms with E-state index in [-0.39, 0.29) is 0 Å². The van der Waals surface area contributed by atoms with E-state index in [0.29, 0.717) is 23.2 Å². The highest BCUT2D eigenvalue weighted by Gasteiger charge is 2.20. The van der Waals surface area contributed by atoms with Crippen molar-refractivity contribution in [2.75, 3.05) is 19.4 Å². The van der Waals surface area contributed by atoms with E-state index < -0.39 is 0 Å². The summed E-state index contributed by atoms with van der Waals surface area (Å²) in [5.74, 6) is 2.32. The molecule has 0 unspecified atom stereocenters. The van der Waals surface area contributed by atoms with Gasteiger partial charge in [0.2, 0.25) is 11.8 Å². The number of nitrogens with two attached hydrogens (primary N) is 1. The highest BCUT2D eigenvalue weighted by molar-refractivity contribution is 5.57. The summed E-state index contributed by atoms with van der Waals surface area (Å²) < 4.78 is 12.3. The van der Waals surface area contributed by atoms with Crippen LogP contribution >= 0.6 is 0 Å². The Hall–Kier alpha value is -3.39. The maximum atomic E-state index is 6.01. The van der Waals surface area contributed by atoms with Gasteiger partial charge in [-0.15, -0.1) is 5.10 Å². The monoisotopic (exact) mass is 376 g/mol. The van der Waals surface area contributed by atoms with Crippen molar-refractivity contribution in [1.29, 1.82) is 0 Å². The number of ether oxygens (including phenoxy) is 1. The third-order valence-electron chi connectivity index (χ3n) is 5.10. The van der Waals surface area contributed by atoms with Crippen molar-refractivity contribution < 1.29 is 9.15 Å². The van der Waals surface area contributed by atoms with Crippen LogP contribution in [0.2, 0.25) is 0 Å². The van der Waals surface area contributed by atoms with Crippen LogP contribution in [0.4, 0.5) is 5.95 Å². The molecule has 0 amide bonds. The molecule has 8 heteroatoms. The van der Waals surface area contributed by atoms with E-state index in [4.69, 9.17) is 14.9 Å². The first-order valence-electron chi connectivity index (χ1n) is 9.13. The molecule has 4 heterocycles. The molecule has 5 rings (SSSR count). The lowest BCUT2D eigenvalue weighted by molar-refractivity contribution is 0.245. The number of furan rings is 1. The number of rotatable bonds is 4. The summed E-state index contributed by atoms with van der Waals surface area (Å²) in [6, 6.07) is 9.92. The Morgan fingerprint density at radius 2 is 2.18 bits per heavy atom. The summed E-state index contributed by atoms with van der Waals surface area (Å²) >= 11 is 0. The first-order valence-corrected chi connectivity index (χ1v) is 9.13. The van der Waals surface area contributed by atoms with Gasteiger partial charge >= 0.3 is 0 Å². The molecule has 0 saturated carbocycles. The van der Waals surface area contributed by atoms with E-state index in [0.717, 1.165) is 37.4 Å². The molecule has 0 spiro atoms. The molecule has 8 nitrogen and oxygen atoms in total. The minimum atomic E-state index is 0.306. The van der Waals surface area contributed by atoms with Crippen LogP contribution in [-0.2, 0) is 19.5 Å². The standard InChI is InChI=1S/C20H20N6O2/c1-27-16-5-4-14-11-25(7-6-13(14)9-16)12-15-10-22-20(21)26-19(15)23-18(24-26)17-3-2-8-28-17/h2-5,8-10H,6-7,11-12H2,1H3,(H2,21,22). The molecule has 142 valence electrons. The maximum absolute atomic E-state index is 6.01. The van der Waals surface area contributed by atoms with Crippen molar-refractivity contribution in [3.8, 4) is 17.3 Å². The average molecular weight is 376 g/mol. The molecule has 0 aliphatic carbocycles. The fourth-order valence-electron chi connectivity index (χ4n) is 3.65. The van der Waals surface area contributed by atoms with Crippen molar-refractivity contribution in [2.24, 2.45) is 0 Å². The van der Waals surface area contributed by atoms with E-state index in [1.54, 1.807) is 24.1 Å². The number of nitrogens with zero attached hydrogens (tertiary/aromatic N) is 5. The Bertz CT molecular complexity index is 1140. The Labute approximate surface area is 161 Å². The van der Waals surface area contributed by atoms with Crippen LogP contribution < -0.4 is 10.5 Å². The van der Waals surface area contributed by atoms with Gasteiger partial charge in [0.05, 0.1) is 13.4 Å². The molecule has 3 aromatic heterocycles. The summed E-state index contributed by atoms with van der Waals surface area (Å²) in [5.41, 5.74) is 10.4. The van der Waals surface area contributed by atoms with Crippen LogP contribution in [0.25, 0.3) is 17.2 Å². The van der Waals surface area contributed by atoms with Crippen LogP contribution in [0.5, 0.6) is 5.75 Å². The summed E-state index contributed by atoms with van der Waals surface area (Å²) in [5, 5.41) is 4.46. The van der Waals surface area contributed by atoms with E-state index >= 15 is 0 Å². The fraction of sp³-hybridized carbons (Fsp3) is 0.250. The van der Waals surface area contributed by atoms with E-state index in [2.05, 4.69) is 32.1 Å². The highest BCUT2D eigenvalue weighted by Crippen LogP contribution is 2.26. The van der Waals surface area contributed by atoms with Gasteiger partial charge in [-0.3, -0.25) is 4.90 Å². The predicted molar refractivity (Wildman–Crippen MR) is 104 cm³/mol. The Balaban J connectivity index is 1.44. The normalized spacial score (nSPS) is 14.3. The summed E-state index contributed by atoms with van der Waals surface area (Å²) in [6.45, 7) is 2.55. The smallest absolute Gasteiger partial charge is 0.223 e. The lowest BCUT2D eigenvalue weighted by Gasteiger charge is -2.29. The van der Waals surface area contributed by atoms with Gasteiger partial charge in [-0.1, -0.05) is 6.07 Å². The van der Waals surface area contributed by atoms with Gasteiger partial charge in [-0.2, -0.15) is 4.52 Å². The van der Waals surface area contributed by atoms with Gasteiger partial charge in [0, 0.05) is 31.4 Å². The minimum absolute atomic E-state index is 0.306. The molecule has 1 aromatic carbocycles. The molecular weight excluding hydrogens is 356 g/mol. The molecule has 0 atom stereocenters. The SMILES string of the molecule is COc1ccc2c(c1)CCN(Cc1cnc(N)n3nc(-c4ccco4)nc13)C2. The second-order valence-electron chi connectivity index (χ2n) is 6.89. The largest absolute Gasteiger partial charge is 0.497 e. The Morgan fingerprint density at radius 3 is 3.00 bits per heavy atom. The van der Waals surface area contributed by atoms with Crippen LogP contribution in [0, 0.1) is 0 Å². The minimum Gasteiger partial charge on any atom is -0.497 e. The second kappa shape index (κ2) is 6.65. The van der Waals surface area contributed by atoms with Gasteiger partial charge in [0.1, 0.15) is 5.75 Å². The number of methoxy groups -OCH3 is 1. The van der Waals surface area contributed by atoms with Crippen molar-refractivity contribution in [3.63, 3.8) is 0 Å². The van der Waals surface area contributed by atoms with E-state index in [1.807, 2.05) is 18.2 Å². The third-order valence-corrected chi connectivity index (χ3v) is 5.10. The number of hydrogen-bond acceptors (Lipinski definition) is 7. The molecule has 0 fully saturated rings. The Morgan fingerprint density at radius 1 is 1.25 bits per heavy atom. The van der Waals surface area contributed by atoms with E-state index in [9.17, 15) is 0 Å². The fourth-order valence-corrected chi connectivity index (χ4v) is 3.65. The van der Waals surface area contributed by atoms with Gasteiger partial charge in [0.15, 0.2) is 11.4 Å². The lowest BCUT2D eigenvalue weighted by atomic mass is 9.99. The zero-order valence-electron chi connectivity index (χ0n) is 15.5. The zero-order valence-corrected chi connectivity index (χ0v) is 15.5. The number of anilines is 1. The highest BCUT2D eigenvalue weighted by atomic mass is 16.5. The van der Waals surface area contributed by atoms with Crippen LogP contribution in [-0.4, -0.2) is 38.1 Å². The summed E-state index contributed by atoms with van der Waals surface area (Å²) in [7, 11) is 1.70. The molecule has 0 bridgehead atoms. The van der Waals surface area contributed by atoms with Crippen LogP contribution in [0.1, 0.15) is 16.7 Å². The van der Waals surface area contributed by atoms with Crippen molar-refractivity contribution in [1.82, 2.24) is 24.5 Å². The molecule has 28 heavy (non-hydrogen) atoms. The van der Waals surface area contributed by atoms with Gasteiger partial charge in [0.25, 0.3) is 0 Å². The lowest BCUT2D eigenvalue weighted by Crippen LogP contribution is -2.30. The van der Waals surface area contributed by atoms with E-state index in [1.165, 1.54) is 11.1 Å². The maximum Gasteiger partial charge on any atom is 0.223 e.